The van der Waals surface area contributed by atoms with Crippen molar-refractivity contribution in [3.63, 3.8) is 0 Å². The van der Waals surface area contributed by atoms with Gasteiger partial charge in [-0.25, -0.2) is 0 Å². The second-order valence-corrected chi connectivity index (χ2v) is 5.72. The summed E-state index contributed by atoms with van der Waals surface area (Å²) in [7, 11) is -2.63. The first kappa shape index (κ1) is 15.4. The highest BCUT2D eigenvalue weighted by atomic mass is 31.2. The van der Waals surface area contributed by atoms with Crippen molar-refractivity contribution in [2.45, 2.75) is 31.8 Å². The standard InChI is InChI=1S/C10H20NO4P/c1-4-6-7-9(16(13,14)15)8-11(3)10(12)5-2/h5,9H,2,4,6-8H2,1,3H3,(H2,13,14,15). The maximum Gasteiger partial charge on any atom is 0.330 e. The summed E-state index contributed by atoms with van der Waals surface area (Å²) in [5, 5.41) is 0. The summed E-state index contributed by atoms with van der Waals surface area (Å²) in [5.74, 6) is -0.324. The first-order valence-electron chi connectivity index (χ1n) is 5.25. The van der Waals surface area contributed by atoms with Gasteiger partial charge in [-0.3, -0.25) is 9.36 Å². The Morgan fingerprint density at radius 2 is 2.12 bits per heavy atom. The lowest BCUT2D eigenvalue weighted by Crippen LogP contribution is -2.33. The third-order valence-corrected chi connectivity index (χ3v) is 3.77. The van der Waals surface area contributed by atoms with Gasteiger partial charge in [0, 0.05) is 13.6 Å². The van der Waals surface area contributed by atoms with E-state index in [-0.39, 0.29) is 12.5 Å². The second-order valence-electron chi connectivity index (χ2n) is 3.81. The van der Waals surface area contributed by atoms with E-state index in [1.165, 1.54) is 11.9 Å². The van der Waals surface area contributed by atoms with Crippen LogP contribution in [0, 0.1) is 0 Å². The second kappa shape index (κ2) is 6.84. The Hall–Kier alpha value is -0.640. The molecule has 0 rings (SSSR count). The number of nitrogens with zero attached hydrogens (tertiary/aromatic N) is 1. The molecule has 0 heterocycles. The molecule has 0 radical (unpaired) electrons. The van der Waals surface area contributed by atoms with Crippen LogP contribution in [0.2, 0.25) is 0 Å². The number of hydrogen-bond donors (Lipinski definition) is 2. The van der Waals surface area contributed by atoms with Crippen molar-refractivity contribution in [3.05, 3.63) is 12.7 Å². The third kappa shape index (κ3) is 5.45. The highest BCUT2D eigenvalue weighted by molar-refractivity contribution is 7.52. The van der Waals surface area contributed by atoms with Gasteiger partial charge in [0.2, 0.25) is 5.91 Å². The van der Waals surface area contributed by atoms with Gasteiger partial charge < -0.3 is 14.7 Å². The van der Waals surface area contributed by atoms with Gasteiger partial charge in [-0.15, -0.1) is 0 Å². The summed E-state index contributed by atoms with van der Waals surface area (Å²) >= 11 is 0. The molecule has 0 aromatic heterocycles. The SMILES string of the molecule is C=CC(=O)N(C)CC(CCCC)P(=O)(O)O. The summed E-state index contributed by atoms with van der Waals surface area (Å²) in [4.78, 5) is 30.8. The summed E-state index contributed by atoms with van der Waals surface area (Å²) < 4.78 is 11.2. The Kier molecular flexibility index (Phi) is 6.56. The normalized spacial score (nSPS) is 13.2. The Morgan fingerprint density at radius 3 is 2.50 bits per heavy atom. The number of hydrogen-bond acceptors (Lipinski definition) is 2. The van der Waals surface area contributed by atoms with Crippen molar-refractivity contribution in [2.24, 2.45) is 0 Å². The average molecular weight is 249 g/mol. The molecule has 0 spiro atoms. The quantitative estimate of drug-likeness (QED) is 0.527. The first-order valence-corrected chi connectivity index (χ1v) is 6.93. The van der Waals surface area contributed by atoms with E-state index in [0.717, 1.165) is 18.9 Å². The molecule has 0 aliphatic heterocycles. The zero-order valence-corrected chi connectivity index (χ0v) is 10.7. The molecule has 0 saturated carbocycles. The molecule has 0 aliphatic rings. The van der Waals surface area contributed by atoms with Crippen LogP contribution < -0.4 is 0 Å². The van der Waals surface area contributed by atoms with Gasteiger partial charge >= 0.3 is 7.60 Å². The molecule has 1 atom stereocenters. The van der Waals surface area contributed by atoms with Crippen molar-refractivity contribution >= 4 is 13.5 Å². The van der Waals surface area contributed by atoms with Crippen molar-refractivity contribution in [3.8, 4) is 0 Å². The summed E-state index contributed by atoms with van der Waals surface area (Å²) in [6, 6.07) is 0. The van der Waals surface area contributed by atoms with Crippen molar-refractivity contribution in [2.75, 3.05) is 13.6 Å². The summed E-state index contributed by atoms with van der Waals surface area (Å²) in [5.41, 5.74) is -0.777. The zero-order valence-electron chi connectivity index (χ0n) is 9.80. The minimum atomic E-state index is -4.14. The Balaban J connectivity index is 4.48. The molecule has 0 aromatic carbocycles. The zero-order chi connectivity index (χ0) is 12.8. The van der Waals surface area contributed by atoms with Gasteiger partial charge in [0.25, 0.3) is 0 Å². The third-order valence-electron chi connectivity index (χ3n) is 2.40. The van der Waals surface area contributed by atoms with Crippen LogP contribution in [0.4, 0.5) is 0 Å². The monoisotopic (exact) mass is 249 g/mol. The number of amides is 1. The fourth-order valence-electron chi connectivity index (χ4n) is 1.37. The van der Waals surface area contributed by atoms with Crippen molar-refractivity contribution in [1.29, 1.82) is 0 Å². The molecule has 1 unspecified atom stereocenters. The van der Waals surface area contributed by atoms with Crippen LogP contribution in [0.1, 0.15) is 26.2 Å². The summed E-state index contributed by atoms with van der Waals surface area (Å²) in [6.45, 7) is 5.35. The van der Waals surface area contributed by atoms with Crippen molar-refractivity contribution in [1.82, 2.24) is 4.90 Å². The van der Waals surface area contributed by atoms with Crippen molar-refractivity contribution < 1.29 is 19.1 Å². The Labute approximate surface area is 96.3 Å². The molecule has 0 aliphatic carbocycles. The van der Waals surface area contributed by atoms with E-state index in [9.17, 15) is 9.36 Å². The van der Waals surface area contributed by atoms with Gasteiger partial charge in [0.05, 0.1) is 5.66 Å². The molecule has 16 heavy (non-hydrogen) atoms. The van der Waals surface area contributed by atoms with Gasteiger partial charge in [-0.2, -0.15) is 0 Å². The largest absolute Gasteiger partial charge is 0.341 e. The molecule has 0 fully saturated rings. The number of rotatable bonds is 7. The molecule has 94 valence electrons. The van der Waals surface area contributed by atoms with E-state index in [0.29, 0.717) is 6.42 Å². The van der Waals surface area contributed by atoms with Gasteiger partial charge in [0.15, 0.2) is 0 Å². The fraction of sp³-hybridized carbons (Fsp3) is 0.700. The van der Waals surface area contributed by atoms with Gasteiger partial charge in [-0.05, 0) is 12.5 Å². The van der Waals surface area contributed by atoms with Crippen LogP contribution >= 0.6 is 7.60 Å². The molecule has 1 amide bonds. The van der Waals surface area contributed by atoms with E-state index < -0.39 is 13.3 Å². The lowest BCUT2D eigenvalue weighted by Gasteiger charge is -2.24. The van der Waals surface area contributed by atoms with E-state index in [1.807, 2.05) is 6.92 Å². The van der Waals surface area contributed by atoms with Gasteiger partial charge in [0.1, 0.15) is 0 Å². The van der Waals surface area contributed by atoms with Crippen LogP contribution in [0.3, 0.4) is 0 Å². The number of unbranched alkanes of at least 4 members (excludes halogenated alkanes) is 1. The molecule has 0 aromatic rings. The van der Waals surface area contributed by atoms with Crippen LogP contribution in [0.15, 0.2) is 12.7 Å². The van der Waals surface area contributed by atoms with E-state index in [4.69, 9.17) is 9.79 Å². The van der Waals surface area contributed by atoms with Gasteiger partial charge in [-0.1, -0.05) is 26.3 Å². The average Bonchev–Trinajstić information content (AvgIpc) is 2.20. The molecule has 6 heteroatoms. The molecular weight excluding hydrogens is 229 g/mol. The number of likely N-dealkylation sites (N-methyl/N-ethyl adjacent to an activating group) is 1. The molecule has 5 nitrogen and oxygen atoms in total. The lowest BCUT2D eigenvalue weighted by atomic mass is 10.2. The lowest BCUT2D eigenvalue weighted by molar-refractivity contribution is -0.124. The van der Waals surface area contributed by atoms with E-state index in [1.54, 1.807) is 0 Å². The first-order chi connectivity index (χ1) is 7.32. The van der Waals surface area contributed by atoms with E-state index >= 15 is 0 Å². The fourth-order valence-corrected chi connectivity index (χ4v) is 2.34. The number of carbonyl (C=O) groups is 1. The highest BCUT2D eigenvalue weighted by Crippen LogP contribution is 2.43. The predicted molar refractivity (Wildman–Crippen MR) is 63.2 cm³/mol. The number of carbonyl (C=O) groups excluding carboxylic acids is 1. The minimum Gasteiger partial charge on any atom is -0.341 e. The summed E-state index contributed by atoms with van der Waals surface area (Å²) in [6.07, 6.45) is 3.17. The smallest absolute Gasteiger partial charge is 0.330 e. The molecule has 0 saturated heterocycles. The van der Waals surface area contributed by atoms with E-state index in [2.05, 4.69) is 6.58 Å². The Bertz CT molecular complexity index is 287. The highest BCUT2D eigenvalue weighted by Gasteiger charge is 2.29. The molecule has 2 N–H and O–H groups in total. The maximum absolute atomic E-state index is 11.2. The predicted octanol–water partition coefficient (Wildman–Crippen LogP) is 1.37. The molecular formula is C10H20NO4P. The van der Waals surface area contributed by atoms with Crippen LogP contribution in [-0.4, -0.2) is 39.8 Å². The van der Waals surface area contributed by atoms with Crippen LogP contribution in [0.25, 0.3) is 0 Å². The topological polar surface area (TPSA) is 77.8 Å². The maximum atomic E-state index is 11.2. The van der Waals surface area contributed by atoms with Crippen LogP contribution in [-0.2, 0) is 9.36 Å². The van der Waals surface area contributed by atoms with Crippen LogP contribution in [0.5, 0.6) is 0 Å². The minimum absolute atomic E-state index is 0.0646. The molecule has 0 bridgehead atoms. The Morgan fingerprint density at radius 1 is 1.56 bits per heavy atom.